The Morgan fingerprint density at radius 2 is 1.00 bits per heavy atom. The summed E-state index contributed by atoms with van der Waals surface area (Å²) in [6.45, 7) is 5.08. The molecule has 3 rings (SSSR count). The van der Waals surface area contributed by atoms with Gasteiger partial charge >= 0.3 is 0 Å². The van der Waals surface area contributed by atoms with Crippen LogP contribution in [-0.4, -0.2) is 19.6 Å². The van der Waals surface area contributed by atoms with Crippen LogP contribution in [0.4, 0.5) is 0 Å². The van der Waals surface area contributed by atoms with E-state index in [-0.39, 0.29) is 5.54 Å². The molecule has 2 heteroatoms. The third kappa shape index (κ3) is 4.04. The minimum Gasteiger partial charge on any atom is -0.315 e. The lowest BCUT2D eigenvalue weighted by Crippen LogP contribution is -2.47. The Morgan fingerprint density at radius 3 is 1.38 bits per heavy atom. The first-order chi connectivity index (χ1) is 12.9. The van der Waals surface area contributed by atoms with E-state index in [0.29, 0.717) is 0 Å². The predicted octanol–water partition coefficient (Wildman–Crippen LogP) is 4.57. The summed E-state index contributed by atoms with van der Waals surface area (Å²) in [6, 6.07) is 32.2. The van der Waals surface area contributed by atoms with Gasteiger partial charge in [0.25, 0.3) is 0 Å². The minimum absolute atomic E-state index is 0.363. The fourth-order valence-electron chi connectivity index (χ4n) is 3.51. The molecule has 0 heterocycles. The van der Waals surface area contributed by atoms with E-state index < -0.39 is 0 Å². The molecule has 0 radical (unpaired) electrons. The third-order valence-corrected chi connectivity index (χ3v) is 4.74. The fourth-order valence-corrected chi connectivity index (χ4v) is 3.51. The van der Waals surface area contributed by atoms with E-state index in [4.69, 9.17) is 0 Å². The Balaban J connectivity index is 2.06. The lowest BCUT2D eigenvalue weighted by Gasteiger charge is -2.37. The van der Waals surface area contributed by atoms with Crippen LogP contribution in [0, 0.1) is 0 Å². The van der Waals surface area contributed by atoms with Gasteiger partial charge in [-0.25, -0.2) is 0 Å². The van der Waals surface area contributed by atoms with Gasteiger partial charge < -0.3 is 5.32 Å². The van der Waals surface area contributed by atoms with Crippen molar-refractivity contribution in [2.75, 3.05) is 19.6 Å². The SMILES string of the molecule is CCCNCCNC(c1ccccc1)(c1ccccc1)c1ccccc1. The van der Waals surface area contributed by atoms with E-state index >= 15 is 0 Å². The van der Waals surface area contributed by atoms with Crippen LogP contribution in [0.25, 0.3) is 0 Å². The molecule has 134 valence electrons. The molecule has 26 heavy (non-hydrogen) atoms. The molecule has 3 aromatic carbocycles. The Labute approximate surface area is 157 Å². The molecule has 0 saturated heterocycles. The van der Waals surface area contributed by atoms with E-state index in [1.807, 2.05) is 0 Å². The first kappa shape index (κ1) is 18.4. The van der Waals surface area contributed by atoms with Crippen LogP contribution in [0.5, 0.6) is 0 Å². The van der Waals surface area contributed by atoms with Crippen molar-refractivity contribution in [1.29, 1.82) is 0 Å². The maximum absolute atomic E-state index is 3.88. The highest BCUT2D eigenvalue weighted by Gasteiger charge is 2.35. The van der Waals surface area contributed by atoms with E-state index in [2.05, 4.69) is 109 Å². The average Bonchev–Trinajstić information content (AvgIpc) is 2.73. The highest BCUT2D eigenvalue weighted by molar-refractivity contribution is 5.49. The van der Waals surface area contributed by atoms with Crippen LogP contribution in [0.1, 0.15) is 30.0 Å². The molecule has 0 fully saturated rings. The molecule has 2 nitrogen and oxygen atoms in total. The first-order valence-electron chi connectivity index (χ1n) is 9.50. The zero-order valence-electron chi connectivity index (χ0n) is 15.5. The van der Waals surface area contributed by atoms with Crippen molar-refractivity contribution in [3.05, 3.63) is 108 Å². The number of hydrogen-bond acceptors (Lipinski definition) is 2. The van der Waals surface area contributed by atoms with E-state index in [1.165, 1.54) is 16.7 Å². The molecule has 0 aliphatic rings. The summed E-state index contributed by atoms with van der Waals surface area (Å²) >= 11 is 0. The Bertz CT molecular complexity index is 657. The van der Waals surface area contributed by atoms with Gasteiger partial charge in [0.15, 0.2) is 0 Å². The number of hydrogen-bond donors (Lipinski definition) is 2. The average molecular weight is 345 g/mol. The summed E-state index contributed by atoms with van der Waals surface area (Å²) in [5.74, 6) is 0. The number of nitrogens with one attached hydrogen (secondary N) is 2. The van der Waals surface area contributed by atoms with Gasteiger partial charge in [-0.3, -0.25) is 5.32 Å². The third-order valence-electron chi connectivity index (χ3n) is 4.74. The molecular formula is C24H28N2. The van der Waals surface area contributed by atoms with Gasteiger partial charge in [0.05, 0.1) is 5.54 Å². The van der Waals surface area contributed by atoms with Crippen LogP contribution in [-0.2, 0) is 5.54 Å². The van der Waals surface area contributed by atoms with Gasteiger partial charge in [0.1, 0.15) is 0 Å². The normalized spacial score (nSPS) is 11.4. The predicted molar refractivity (Wildman–Crippen MR) is 110 cm³/mol. The maximum Gasteiger partial charge on any atom is 0.0948 e. The van der Waals surface area contributed by atoms with E-state index in [0.717, 1.165) is 26.1 Å². The molecule has 0 unspecified atom stereocenters. The second kappa shape index (κ2) is 9.33. The molecule has 0 aromatic heterocycles. The van der Waals surface area contributed by atoms with Crippen molar-refractivity contribution in [2.45, 2.75) is 18.9 Å². The van der Waals surface area contributed by atoms with E-state index in [9.17, 15) is 0 Å². The molecule has 0 saturated carbocycles. The van der Waals surface area contributed by atoms with Crippen LogP contribution in [0.15, 0.2) is 91.0 Å². The second-order valence-electron chi connectivity index (χ2n) is 6.52. The van der Waals surface area contributed by atoms with Crippen molar-refractivity contribution in [3.63, 3.8) is 0 Å². The number of rotatable bonds is 9. The molecule has 0 atom stereocenters. The monoisotopic (exact) mass is 344 g/mol. The summed E-state index contributed by atoms with van der Waals surface area (Å²) in [6.07, 6.45) is 1.15. The number of benzene rings is 3. The van der Waals surface area contributed by atoms with Crippen molar-refractivity contribution in [3.8, 4) is 0 Å². The quantitative estimate of drug-likeness (QED) is 0.439. The summed E-state index contributed by atoms with van der Waals surface area (Å²) in [7, 11) is 0. The summed E-state index contributed by atoms with van der Waals surface area (Å²) in [5.41, 5.74) is 3.41. The Kier molecular flexibility index (Phi) is 6.59. The van der Waals surface area contributed by atoms with Gasteiger partial charge in [-0.05, 0) is 29.7 Å². The van der Waals surface area contributed by atoms with Gasteiger partial charge in [0.2, 0.25) is 0 Å². The molecule has 0 aliphatic carbocycles. The molecule has 0 spiro atoms. The standard InChI is InChI=1S/C24H28N2/c1-2-18-25-19-20-26-24(21-12-6-3-7-13-21,22-14-8-4-9-15-22)23-16-10-5-11-17-23/h3-17,25-26H,2,18-20H2,1H3. The minimum atomic E-state index is -0.363. The zero-order chi connectivity index (χ0) is 18.1. The Morgan fingerprint density at radius 1 is 0.577 bits per heavy atom. The summed E-state index contributed by atoms with van der Waals surface area (Å²) < 4.78 is 0. The van der Waals surface area contributed by atoms with Gasteiger partial charge in [-0.15, -0.1) is 0 Å². The lowest BCUT2D eigenvalue weighted by atomic mass is 9.77. The molecule has 0 amide bonds. The van der Waals surface area contributed by atoms with Crippen molar-refractivity contribution >= 4 is 0 Å². The second-order valence-corrected chi connectivity index (χ2v) is 6.52. The zero-order valence-corrected chi connectivity index (χ0v) is 15.5. The highest BCUT2D eigenvalue weighted by atomic mass is 15.0. The summed E-state index contributed by atoms with van der Waals surface area (Å²) in [5, 5.41) is 7.38. The lowest BCUT2D eigenvalue weighted by molar-refractivity contribution is 0.463. The van der Waals surface area contributed by atoms with Crippen LogP contribution >= 0.6 is 0 Å². The van der Waals surface area contributed by atoms with Crippen molar-refractivity contribution in [1.82, 2.24) is 10.6 Å². The van der Waals surface area contributed by atoms with Crippen molar-refractivity contribution < 1.29 is 0 Å². The fraction of sp³-hybridized carbons (Fsp3) is 0.250. The van der Waals surface area contributed by atoms with Crippen LogP contribution in [0.3, 0.4) is 0 Å². The largest absolute Gasteiger partial charge is 0.315 e. The summed E-state index contributed by atoms with van der Waals surface area (Å²) in [4.78, 5) is 0. The van der Waals surface area contributed by atoms with Crippen molar-refractivity contribution in [2.24, 2.45) is 0 Å². The highest BCUT2D eigenvalue weighted by Crippen LogP contribution is 2.36. The molecule has 0 aliphatic heterocycles. The maximum atomic E-state index is 3.88. The smallest absolute Gasteiger partial charge is 0.0948 e. The van der Waals surface area contributed by atoms with Gasteiger partial charge in [0, 0.05) is 13.1 Å². The Hall–Kier alpha value is -2.42. The molecule has 2 N–H and O–H groups in total. The van der Waals surface area contributed by atoms with Gasteiger partial charge in [-0.2, -0.15) is 0 Å². The first-order valence-corrected chi connectivity index (χ1v) is 9.50. The molecule has 3 aromatic rings. The molecular weight excluding hydrogens is 316 g/mol. The van der Waals surface area contributed by atoms with Gasteiger partial charge in [-0.1, -0.05) is 97.9 Å². The topological polar surface area (TPSA) is 24.1 Å². The van der Waals surface area contributed by atoms with Crippen LogP contribution in [0.2, 0.25) is 0 Å². The van der Waals surface area contributed by atoms with Crippen LogP contribution < -0.4 is 10.6 Å². The molecule has 0 bridgehead atoms. The van der Waals surface area contributed by atoms with E-state index in [1.54, 1.807) is 0 Å².